The van der Waals surface area contributed by atoms with Crippen molar-refractivity contribution in [2.24, 2.45) is 0 Å². The molecule has 0 saturated carbocycles. The lowest BCUT2D eigenvalue weighted by Crippen LogP contribution is -2.09. The lowest BCUT2D eigenvalue weighted by Gasteiger charge is -2.08. The van der Waals surface area contributed by atoms with E-state index < -0.39 is 10.1 Å². The van der Waals surface area contributed by atoms with E-state index >= 15 is 0 Å². The molecule has 0 N–H and O–H groups in total. The van der Waals surface area contributed by atoms with Crippen molar-refractivity contribution in [3.63, 3.8) is 0 Å². The number of carbonyl (C=O) groups excluding carboxylic acids is 1. The van der Waals surface area contributed by atoms with Gasteiger partial charge in [0, 0.05) is 6.07 Å². The Labute approximate surface area is 198 Å². The van der Waals surface area contributed by atoms with Gasteiger partial charge in [-0.05, 0) is 54.0 Å². The van der Waals surface area contributed by atoms with E-state index in [0.717, 1.165) is 22.3 Å². The van der Waals surface area contributed by atoms with E-state index in [4.69, 9.17) is 8.92 Å². The zero-order valence-electron chi connectivity index (χ0n) is 18.3. The van der Waals surface area contributed by atoms with Gasteiger partial charge in [-0.1, -0.05) is 72.3 Å². The molecule has 5 rings (SSSR count). The van der Waals surface area contributed by atoms with Crippen LogP contribution in [0.2, 0.25) is 0 Å². The van der Waals surface area contributed by atoms with E-state index in [9.17, 15) is 13.2 Å². The van der Waals surface area contributed by atoms with Gasteiger partial charge in [0.2, 0.25) is 5.78 Å². The molecule has 6 heteroatoms. The molecule has 4 aromatic rings. The normalized spacial score (nSPS) is 14.0. The maximum Gasteiger partial charge on any atom is 0.339 e. The Morgan fingerprint density at radius 2 is 1.47 bits per heavy atom. The molecule has 0 unspecified atom stereocenters. The molecule has 0 radical (unpaired) electrons. The lowest BCUT2D eigenvalue weighted by molar-refractivity contribution is 0.101. The van der Waals surface area contributed by atoms with Crippen LogP contribution >= 0.6 is 0 Å². The number of Topliss-reactive ketones (excluding diaryl/α,β-unsaturated/α-hetero) is 1. The quantitative estimate of drug-likeness (QED) is 0.264. The van der Waals surface area contributed by atoms with Gasteiger partial charge in [-0.2, -0.15) is 8.42 Å². The number of rotatable bonds is 5. The van der Waals surface area contributed by atoms with Gasteiger partial charge in [0.25, 0.3) is 0 Å². The molecule has 1 aliphatic rings. The molecule has 0 aromatic heterocycles. The standard InChI is InChI=1S/C28H20O5S/c1-19-7-14-24(15-8-19)34(30,31)33-23-13-16-25-26(18-23)32-27(28(25)29)17-20-9-11-22(12-10-20)21-5-3-2-4-6-21/h2-18H,1H3/b27-17-. The first-order chi connectivity index (χ1) is 16.4. The molecule has 1 heterocycles. The Kier molecular flexibility index (Phi) is 5.51. The molecule has 5 nitrogen and oxygen atoms in total. The second-order valence-corrected chi connectivity index (χ2v) is 9.48. The number of hydrogen-bond donors (Lipinski definition) is 0. The second kappa shape index (κ2) is 8.65. The van der Waals surface area contributed by atoms with Gasteiger partial charge < -0.3 is 8.92 Å². The average molecular weight is 469 g/mol. The number of allylic oxidation sites excluding steroid dienone is 1. The van der Waals surface area contributed by atoms with Crippen molar-refractivity contribution in [3.8, 4) is 22.6 Å². The van der Waals surface area contributed by atoms with Gasteiger partial charge in [0.1, 0.15) is 16.4 Å². The molecule has 0 amide bonds. The molecule has 34 heavy (non-hydrogen) atoms. The van der Waals surface area contributed by atoms with Gasteiger partial charge in [-0.15, -0.1) is 0 Å². The van der Waals surface area contributed by atoms with Crippen LogP contribution in [0, 0.1) is 6.92 Å². The van der Waals surface area contributed by atoms with E-state index in [1.807, 2.05) is 61.5 Å². The maximum atomic E-state index is 12.8. The molecule has 0 spiro atoms. The van der Waals surface area contributed by atoms with Crippen LogP contribution in [0.4, 0.5) is 0 Å². The molecule has 0 bridgehead atoms. The summed E-state index contributed by atoms with van der Waals surface area (Å²) in [6.45, 7) is 1.87. The van der Waals surface area contributed by atoms with Crippen LogP contribution in [0.1, 0.15) is 21.5 Å². The van der Waals surface area contributed by atoms with Crippen LogP contribution in [0.15, 0.2) is 108 Å². The fourth-order valence-electron chi connectivity index (χ4n) is 3.65. The summed E-state index contributed by atoms with van der Waals surface area (Å²) in [4.78, 5) is 12.8. The Morgan fingerprint density at radius 3 is 2.18 bits per heavy atom. The molecular formula is C28H20O5S. The lowest BCUT2D eigenvalue weighted by atomic mass is 10.0. The molecule has 0 atom stereocenters. The topological polar surface area (TPSA) is 69.7 Å². The summed E-state index contributed by atoms with van der Waals surface area (Å²) in [6.07, 6.45) is 1.67. The van der Waals surface area contributed by atoms with Crippen molar-refractivity contribution in [1.82, 2.24) is 0 Å². The predicted molar refractivity (Wildman–Crippen MR) is 130 cm³/mol. The summed E-state index contributed by atoms with van der Waals surface area (Å²) in [5, 5.41) is 0. The smallest absolute Gasteiger partial charge is 0.339 e. The highest BCUT2D eigenvalue weighted by Gasteiger charge is 2.28. The predicted octanol–water partition coefficient (Wildman–Crippen LogP) is 6.05. The zero-order valence-corrected chi connectivity index (χ0v) is 19.1. The first kappa shape index (κ1) is 21.7. The summed E-state index contributed by atoms with van der Waals surface area (Å²) in [5.74, 6) is 0.227. The monoisotopic (exact) mass is 468 g/mol. The third kappa shape index (κ3) is 4.36. The van der Waals surface area contributed by atoms with Crippen molar-refractivity contribution in [3.05, 3.63) is 120 Å². The molecular weight excluding hydrogens is 448 g/mol. The van der Waals surface area contributed by atoms with Crippen LogP contribution in [0.3, 0.4) is 0 Å². The van der Waals surface area contributed by atoms with Crippen LogP contribution in [0.5, 0.6) is 11.5 Å². The number of fused-ring (bicyclic) bond motifs is 1. The van der Waals surface area contributed by atoms with Crippen LogP contribution < -0.4 is 8.92 Å². The molecule has 1 aliphatic heterocycles. The highest BCUT2D eigenvalue weighted by atomic mass is 32.2. The van der Waals surface area contributed by atoms with Gasteiger partial charge in [0.15, 0.2) is 5.76 Å². The number of benzene rings is 4. The van der Waals surface area contributed by atoms with Crippen LogP contribution in [-0.4, -0.2) is 14.2 Å². The number of ether oxygens (including phenoxy) is 1. The van der Waals surface area contributed by atoms with Crippen molar-refractivity contribution >= 4 is 22.0 Å². The third-order valence-corrected chi connectivity index (χ3v) is 6.73. The largest absolute Gasteiger partial charge is 0.452 e. The van der Waals surface area contributed by atoms with Gasteiger partial charge >= 0.3 is 10.1 Å². The minimum atomic E-state index is -4.01. The minimum Gasteiger partial charge on any atom is -0.452 e. The fourth-order valence-corrected chi connectivity index (χ4v) is 4.58. The highest BCUT2D eigenvalue weighted by molar-refractivity contribution is 7.87. The number of ketones is 1. The highest BCUT2D eigenvalue weighted by Crippen LogP contribution is 2.36. The zero-order chi connectivity index (χ0) is 23.7. The number of carbonyl (C=O) groups is 1. The molecule has 168 valence electrons. The van der Waals surface area contributed by atoms with E-state index in [0.29, 0.717) is 5.56 Å². The summed E-state index contributed by atoms with van der Waals surface area (Å²) >= 11 is 0. The molecule has 0 aliphatic carbocycles. The Morgan fingerprint density at radius 1 is 0.794 bits per heavy atom. The maximum absolute atomic E-state index is 12.8. The summed E-state index contributed by atoms with van der Waals surface area (Å²) in [5.41, 5.74) is 4.29. The van der Waals surface area contributed by atoms with Crippen LogP contribution in [0.25, 0.3) is 17.2 Å². The molecule has 4 aromatic carbocycles. The second-order valence-electron chi connectivity index (χ2n) is 7.94. The Hall–Kier alpha value is -4.16. The molecule has 0 saturated heterocycles. The Balaban J connectivity index is 1.35. The SMILES string of the molecule is Cc1ccc(S(=O)(=O)Oc2ccc3c(c2)O/C(=C\c2ccc(-c4ccccc4)cc2)C3=O)cc1. The average Bonchev–Trinajstić information content (AvgIpc) is 3.14. The minimum absolute atomic E-state index is 0.0510. The van der Waals surface area contributed by atoms with E-state index in [1.165, 1.54) is 30.3 Å². The van der Waals surface area contributed by atoms with E-state index in [1.54, 1.807) is 18.2 Å². The van der Waals surface area contributed by atoms with Crippen molar-refractivity contribution < 1.29 is 22.1 Å². The summed E-state index contributed by atoms with van der Waals surface area (Å²) in [7, 11) is -4.01. The van der Waals surface area contributed by atoms with E-state index in [2.05, 4.69) is 0 Å². The van der Waals surface area contributed by atoms with Crippen molar-refractivity contribution in [2.45, 2.75) is 11.8 Å². The van der Waals surface area contributed by atoms with Crippen molar-refractivity contribution in [2.75, 3.05) is 0 Å². The number of hydrogen-bond acceptors (Lipinski definition) is 5. The first-order valence-electron chi connectivity index (χ1n) is 10.6. The Bertz CT molecular complexity index is 1500. The fraction of sp³-hybridized carbons (Fsp3) is 0.0357. The summed E-state index contributed by atoms with van der Waals surface area (Å²) < 4.78 is 36.2. The van der Waals surface area contributed by atoms with Gasteiger partial charge in [-0.25, -0.2) is 0 Å². The summed E-state index contributed by atoms with van der Waals surface area (Å²) in [6, 6.07) is 28.5. The first-order valence-corrected chi connectivity index (χ1v) is 12.0. The van der Waals surface area contributed by atoms with Gasteiger partial charge in [-0.3, -0.25) is 4.79 Å². The van der Waals surface area contributed by atoms with Crippen LogP contribution in [-0.2, 0) is 10.1 Å². The molecule has 0 fully saturated rings. The van der Waals surface area contributed by atoms with Gasteiger partial charge in [0.05, 0.1) is 5.56 Å². The third-order valence-electron chi connectivity index (χ3n) is 5.47. The van der Waals surface area contributed by atoms with E-state index in [-0.39, 0.29) is 27.9 Å². The number of aryl methyl sites for hydroxylation is 1. The van der Waals surface area contributed by atoms with Crippen molar-refractivity contribution in [1.29, 1.82) is 0 Å².